The Morgan fingerprint density at radius 1 is 1.59 bits per heavy atom. The second kappa shape index (κ2) is 4.20. The first-order valence-corrected chi connectivity index (χ1v) is 4.79. The number of hydrogen-bond acceptors (Lipinski definition) is 5. The van der Waals surface area contributed by atoms with Crippen LogP contribution < -0.4 is 5.56 Å². The minimum atomic E-state index is -1.13. The Kier molecular flexibility index (Phi) is 2.73. The maximum absolute atomic E-state index is 11.6. The molecular weight excluding hydrogens is 226 g/mol. The van der Waals surface area contributed by atoms with E-state index in [1.165, 1.54) is 16.8 Å². The van der Waals surface area contributed by atoms with Gasteiger partial charge in [0.1, 0.15) is 0 Å². The quantitative estimate of drug-likeness (QED) is 0.820. The van der Waals surface area contributed by atoms with E-state index >= 15 is 0 Å². The monoisotopic (exact) mass is 235 g/mol. The minimum Gasteiger partial charge on any atom is -0.478 e. The van der Waals surface area contributed by atoms with Crippen LogP contribution in [0.3, 0.4) is 0 Å². The second-order valence-electron chi connectivity index (χ2n) is 3.42. The normalized spacial score (nSPS) is 10.4. The van der Waals surface area contributed by atoms with Crippen molar-refractivity contribution in [2.24, 2.45) is 0 Å². The fraction of sp³-hybridized carbons (Fsp3) is 0.200. The number of carboxylic acids is 1. The molecule has 0 fully saturated rings. The molecule has 88 valence electrons. The van der Waals surface area contributed by atoms with E-state index in [9.17, 15) is 9.59 Å². The van der Waals surface area contributed by atoms with Crippen LogP contribution in [0.25, 0.3) is 0 Å². The van der Waals surface area contributed by atoms with Gasteiger partial charge in [-0.3, -0.25) is 4.79 Å². The zero-order valence-electron chi connectivity index (χ0n) is 8.95. The lowest BCUT2D eigenvalue weighted by atomic mass is 10.3. The summed E-state index contributed by atoms with van der Waals surface area (Å²) >= 11 is 0. The first-order chi connectivity index (χ1) is 8.06. The van der Waals surface area contributed by atoms with E-state index < -0.39 is 11.5 Å². The number of hydrogen-bond donors (Lipinski definition) is 1. The van der Waals surface area contributed by atoms with Gasteiger partial charge in [-0.2, -0.15) is 4.98 Å². The highest BCUT2D eigenvalue weighted by molar-refractivity contribution is 5.87. The molecule has 2 aromatic rings. The summed E-state index contributed by atoms with van der Waals surface area (Å²) in [5.74, 6) is -0.354. The van der Waals surface area contributed by atoms with Crippen molar-refractivity contribution in [2.45, 2.75) is 13.5 Å². The van der Waals surface area contributed by atoms with Gasteiger partial charge in [-0.25, -0.2) is 4.79 Å². The summed E-state index contributed by atoms with van der Waals surface area (Å²) in [5.41, 5.74) is -0.470. The van der Waals surface area contributed by atoms with Crippen molar-refractivity contribution in [3.63, 3.8) is 0 Å². The Bertz CT molecular complexity index is 614. The topological polar surface area (TPSA) is 98.2 Å². The first kappa shape index (κ1) is 11.1. The molecule has 0 bridgehead atoms. The van der Waals surface area contributed by atoms with Crippen LogP contribution in [0, 0.1) is 6.92 Å². The molecule has 2 heterocycles. The predicted molar refractivity (Wildman–Crippen MR) is 55.8 cm³/mol. The molecule has 0 atom stereocenters. The van der Waals surface area contributed by atoms with E-state index in [0.29, 0.717) is 11.7 Å². The maximum atomic E-state index is 11.6. The molecule has 0 unspecified atom stereocenters. The van der Waals surface area contributed by atoms with E-state index in [-0.39, 0.29) is 12.1 Å². The highest BCUT2D eigenvalue weighted by atomic mass is 16.5. The zero-order valence-corrected chi connectivity index (χ0v) is 8.95. The van der Waals surface area contributed by atoms with Crippen LogP contribution in [0.5, 0.6) is 0 Å². The first-order valence-electron chi connectivity index (χ1n) is 4.79. The molecular formula is C10H9N3O4. The molecule has 2 rings (SSSR count). The molecule has 0 aliphatic carbocycles. The molecule has 7 nitrogen and oxygen atoms in total. The number of nitrogens with zero attached hydrogens (tertiary/aromatic N) is 3. The predicted octanol–water partition coefficient (Wildman–Crippen LogP) is 0.286. The van der Waals surface area contributed by atoms with Gasteiger partial charge in [-0.15, -0.1) is 0 Å². The minimum absolute atomic E-state index is 0.0458. The maximum Gasteiger partial charge on any atom is 0.335 e. The highest BCUT2D eigenvalue weighted by Gasteiger charge is 2.07. The summed E-state index contributed by atoms with van der Waals surface area (Å²) in [6, 6.07) is 2.39. The lowest BCUT2D eigenvalue weighted by molar-refractivity contribution is 0.0696. The molecule has 0 radical (unpaired) electrons. The van der Waals surface area contributed by atoms with Crippen LogP contribution in [0.4, 0.5) is 0 Å². The van der Waals surface area contributed by atoms with Crippen LogP contribution in [0.15, 0.2) is 27.6 Å². The standard InChI is InChI=1S/C10H9N3O4/c1-6-11-8(12-17-6)5-13-3-2-7(10(15)16)4-9(13)14/h2-4H,5H2,1H3,(H,15,16). The smallest absolute Gasteiger partial charge is 0.335 e. The van der Waals surface area contributed by atoms with Gasteiger partial charge in [-0.1, -0.05) is 5.16 Å². The van der Waals surface area contributed by atoms with Gasteiger partial charge in [0.15, 0.2) is 5.82 Å². The highest BCUT2D eigenvalue weighted by Crippen LogP contribution is 1.99. The van der Waals surface area contributed by atoms with Gasteiger partial charge in [0.05, 0.1) is 12.1 Å². The molecule has 0 amide bonds. The fourth-order valence-corrected chi connectivity index (χ4v) is 1.33. The van der Waals surface area contributed by atoms with E-state index in [1.807, 2.05) is 0 Å². The molecule has 0 spiro atoms. The van der Waals surface area contributed by atoms with Crippen LogP contribution >= 0.6 is 0 Å². The van der Waals surface area contributed by atoms with Gasteiger partial charge in [-0.05, 0) is 6.07 Å². The van der Waals surface area contributed by atoms with E-state index in [1.54, 1.807) is 6.92 Å². The van der Waals surface area contributed by atoms with Gasteiger partial charge in [0.25, 0.3) is 5.56 Å². The lowest BCUT2D eigenvalue weighted by Crippen LogP contribution is -2.21. The Labute approximate surface area is 95.3 Å². The molecule has 0 saturated carbocycles. The van der Waals surface area contributed by atoms with Gasteiger partial charge >= 0.3 is 5.97 Å². The average molecular weight is 235 g/mol. The zero-order chi connectivity index (χ0) is 12.4. The van der Waals surface area contributed by atoms with Crippen LogP contribution in [-0.4, -0.2) is 25.8 Å². The number of pyridine rings is 1. The third-order valence-electron chi connectivity index (χ3n) is 2.12. The lowest BCUT2D eigenvalue weighted by Gasteiger charge is -2.01. The number of carboxylic acid groups (broad SMARTS) is 1. The summed E-state index contributed by atoms with van der Waals surface area (Å²) in [6.45, 7) is 1.79. The van der Waals surface area contributed by atoms with Gasteiger partial charge in [0, 0.05) is 19.2 Å². The van der Waals surface area contributed by atoms with Crippen molar-refractivity contribution in [1.82, 2.24) is 14.7 Å². The second-order valence-corrected chi connectivity index (χ2v) is 3.42. The third-order valence-corrected chi connectivity index (χ3v) is 2.12. The van der Waals surface area contributed by atoms with Crippen molar-refractivity contribution < 1.29 is 14.4 Å². The summed E-state index contributed by atoms with van der Waals surface area (Å²) in [7, 11) is 0. The number of rotatable bonds is 3. The largest absolute Gasteiger partial charge is 0.478 e. The SMILES string of the molecule is Cc1nc(Cn2ccc(C(=O)O)cc2=O)no1. The van der Waals surface area contributed by atoms with E-state index in [4.69, 9.17) is 9.63 Å². The summed E-state index contributed by atoms with van der Waals surface area (Å²) in [6.07, 6.45) is 1.39. The molecule has 0 aliphatic heterocycles. The Morgan fingerprint density at radius 2 is 2.35 bits per heavy atom. The van der Waals surface area contributed by atoms with Crippen LogP contribution in [0.1, 0.15) is 22.1 Å². The Morgan fingerprint density at radius 3 is 2.88 bits per heavy atom. The van der Waals surface area contributed by atoms with Crippen molar-refractivity contribution >= 4 is 5.97 Å². The molecule has 0 aromatic carbocycles. The van der Waals surface area contributed by atoms with Crippen molar-refractivity contribution in [3.8, 4) is 0 Å². The molecule has 2 aromatic heterocycles. The summed E-state index contributed by atoms with van der Waals surface area (Å²) in [5, 5.41) is 12.4. The molecule has 0 aliphatic rings. The number of aromatic nitrogens is 3. The molecule has 7 heteroatoms. The number of aryl methyl sites for hydroxylation is 1. The van der Waals surface area contributed by atoms with Gasteiger partial charge < -0.3 is 14.2 Å². The number of aromatic carboxylic acids is 1. The molecule has 17 heavy (non-hydrogen) atoms. The Hall–Kier alpha value is -2.44. The van der Waals surface area contributed by atoms with E-state index in [0.717, 1.165) is 6.07 Å². The van der Waals surface area contributed by atoms with Crippen molar-refractivity contribution in [1.29, 1.82) is 0 Å². The van der Waals surface area contributed by atoms with Crippen molar-refractivity contribution in [2.75, 3.05) is 0 Å². The van der Waals surface area contributed by atoms with Crippen LogP contribution in [0.2, 0.25) is 0 Å². The fourth-order valence-electron chi connectivity index (χ4n) is 1.33. The molecule has 1 N–H and O–H groups in total. The molecule has 0 saturated heterocycles. The summed E-state index contributed by atoms with van der Waals surface area (Å²) < 4.78 is 6.07. The number of carbonyl (C=O) groups is 1. The summed E-state index contributed by atoms with van der Waals surface area (Å²) in [4.78, 5) is 26.2. The average Bonchev–Trinajstić information content (AvgIpc) is 2.67. The third kappa shape index (κ3) is 2.39. The van der Waals surface area contributed by atoms with Crippen molar-refractivity contribution in [3.05, 3.63) is 46.0 Å². The van der Waals surface area contributed by atoms with Gasteiger partial charge in [0.2, 0.25) is 5.89 Å². The van der Waals surface area contributed by atoms with E-state index in [2.05, 4.69) is 10.1 Å². The Balaban J connectivity index is 2.28. The van der Waals surface area contributed by atoms with Crippen LogP contribution in [-0.2, 0) is 6.54 Å².